The summed E-state index contributed by atoms with van der Waals surface area (Å²) >= 11 is 0. The molecule has 1 aromatic carbocycles. The van der Waals surface area contributed by atoms with Crippen LogP contribution in [0.3, 0.4) is 0 Å². The van der Waals surface area contributed by atoms with E-state index in [0.717, 1.165) is 6.07 Å². The van der Waals surface area contributed by atoms with Gasteiger partial charge in [-0.05, 0) is 32.4 Å². The van der Waals surface area contributed by atoms with Gasteiger partial charge in [-0.15, -0.1) is 0 Å². The summed E-state index contributed by atoms with van der Waals surface area (Å²) in [7, 11) is 0. The fourth-order valence-electron chi connectivity index (χ4n) is 3.25. The van der Waals surface area contributed by atoms with Crippen molar-refractivity contribution in [2.45, 2.75) is 38.6 Å². The smallest absolute Gasteiger partial charge is 0.417 e. The van der Waals surface area contributed by atoms with Gasteiger partial charge in [0, 0.05) is 19.6 Å². The summed E-state index contributed by atoms with van der Waals surface area (Å²) in [4.78, 5) is 27.6. The topological polar surface area (TPSA) is 49.9 Å². The van der Waals surface area contributed by atoms with E-state index < -0.39 is 35.4 Å². The molecule has 0 saturated carbocycles. The Morgan fingerprint density at radius 3 is 2.48 bits per heavy atom. The Hall–Kier alpha value is -2.25. The van der Waals surface area contributed by atoms with Crippen molar-refractivity contribution in [1.82, 2.24) is 9.80 Å². The molecule has 1 fully saturated rings. The number of amides is 2. The molecule has 2 heterocycles. The molecule has 0 N–H and O–H groups in total. The molecular weight excluding hydrogens is 337 g/mol. The predicted molar refractivity (Wildman–Crippen MR) is 83.0 cm³/mol. The fraction of sp³-hybridized carbons (Fsp3) is 0.529. The molecule has 2 amide bonds. The number of rotatable bonds is 0. The summed E-state index contributed by atoms with van der Waals surface area (Å²) in [5, 5.41) is 0. The minimum absolute atomic E-state index is 0.120. The van der Waals surface area contributed by atoms with Crippen LogP contribution in [0.5, 0.6) is 0 Å². The first kappa shape index (κ1) is 17.6. The average Bonchev–Trinajstić information content (AvgIpc) is 2.77. The second kappa shape index (κ2) is 5.64. The number of benzene rings is 1. The summed E-state index contributed by atoms with van der Waals surface area (Å²) in [6.45, 7) is 5.75. The second-order valence-corrected chi connectivity index (χ2v) is 7.21. The van der Waals surface area contributed by atoms with Crippen LogP contribution in [0.25, 0.3) is 0 Å². The lowest BCUT2D eigenvalue weighted by Gasteiger charge is -2.38. The van der Waals surface area contributed by atoms with Crippen molar-refractivity contribution in [3.8, 4) is 0 Å². The number of hydrogen-bond donors (Lipinski definition) is 0. The van der Waals surface area contributed by atoms with E-state index in [2.05, 4.69) is 0 Å². The quantitative estimate of drug-likeness (QED) is 0.715. The maximum atomic E-state index is 13.2. The first-order valence-corrected chi connectivity index (χ1v) is 7.98. The molecule has 1 saturated heterocycles. The highest BCUT2D eigenvalue weighted by atomic mass is 19.4. The van der Waals surface area contributed by atoms with Gasteiger partial charge in [0.15, 0.2) is 0 Å². The first-order chi connectivity index (χ1) is 11.5. The molecule has 2 aliphatic rings. The summed E-state index contributed by atoms with van der Waals surface area (Å²) < 4.78 is 45.0. The van der Waals surface area contributed by atoms with Crippen molar-refractivity contribution in [3.63, 3.8) is 0 Å². The highest BCUT2D eigenvalue weighted by Gasteiger charge is 2.47. The number of hydrogen-bond acceptors (Lipinski definition) is 3. The van der Waals surface area contributed by atoms with E-state index in [1.807, 2.05) is 0 Å². The number of ether oxygens (including phenoxy) is 1. The zero-order valence-electron chi connectivity index (χ0n) is 14.2. The molecule has 8 heteroatoms. The van der Waals surface area contributed by atoms with Gasteiger partial charge in [-0.3, -0.25) is 4.79 Å². The molecule has 0 radical (unpaired) electrons. The van der Waals surface area contributed by atoms with Gasteiger partial charge in [0.25, 0.3) is 5.91 Å². The Bertz CT molecular complexity index is 725. The minimum atomic E-state index is -4.60. The van der Waals surface area contributed by atoms with Gasteiger partial charge in [0.2, 0.25) is 0 Å². The van der Waals surface area contributed by atoms with Crippen LogP contribution in [-0.4, -0.2) is 47.0 Å². The van der Waals surface area contributed by atoms with Gasteiger partial charge in [-0.1, -0.05) is 12.1 Å². The number of piperazine rings is 1. The Labute approximate surface area is 143 Å². The van der Waals surface area contributed by atoms with Gasteiger partial charge >= 0.3 is 12.3 Å². The van der Waals surface area contributed by atoms with Gasteiger partial charge in [0.1, 0.15) is 5.60 Å². The fourth-order valence-corrected chi connectivity index (χ4v) is 3.25. The van der Waals surface area contributed by atoms with Crippen LogP contribution in [0.15, 0.2) is 18.2 Å². The third kappa shape index (κ3) is 3.17. The molecule has 1 aromatic rings. The van der Waals surface area contributed by atoms with Crippen molar-refractivity contribution in [2.24, 2.45) is 0 Å². The van der Waals surface area contributed by atoms with Gasteiger partial charge in [0.05, 0.1) is 17.2 Å². The number of alkyl halides is 3. The highest BCUT2D eigenvalue weighted by Crippen LogP contribution is 2.42. The van der Waals surface area contributed by atoms with E-state index in [1.54, 1.807) is 20.8 Å². The van der Waals surface area contributed by atoms with E-state index in [0.29, 0.717) is 5.56 Å². The monoisotopic (exact) mass is 356 g/mol. The van der Waals surface area contributed by atoms with Crippen LogP contribution in [0.4, 0.5) is 18.0 Å². The molecular formula is C17H19F3N2O3. The summed E-state index contributed by atoms with van der Waals surface area (Å²) in [6, 6.07) is 3.16. The van der Waals surface area contributed by atoms with Crippen LogP contribution in [0.2, 0.25) is 0 Å². The van der Waals surface area contributed by atoms with Crippen molar-refractivity contribution < 1.29 is 27.5 Å². The molecule has 0 aromatic heterocycles. The zero-order chi connectivity index (χ0) is 18.6. The lowest BCUT2D eigenvalue weighted by Crippen LogP contribution is -2.50. The Kier molecular flexibility index (Phi) is 3.96. The molecule has 0 aliphatic carbocycles. The van der Waals surface area contributed by atoms with E-state index in [-0.39, 0.29) is 25.2 Å². The molecule has 3 rings (SSSR count). The number of halogens is 3. The van der Waals surface area contributed by atoms with Crippen LogP contribution in [0, 0.1) is 0 Å². The van der Waals surface area contributed by atoms with Crippen LogP contribution >= 0.6 is 0 Å². The van der Waals surface area contributed by atoms with E-state index in [9.17, 15) is 22.8 Å². The lowest BCUT2D eigenvalue weighted by atomic mass is 9.98. The van der Waals surface area contributed by atoms with Crippen molar-refractivity contribution in [1.29, 1.82) is 0 Å². The molecule has 25 heavy (non-hydrogen) atoms. The third-order valence-corrected chi connectivity index (χ3v) is 4.27. The molecule has 0 spiro atoms. The van der Waals surface area contributed by atoms with Gasteiger partial charge < -0.3 is 14.5 Å². The Morgan fingerprint density at radius 2 is 1.88 bits per heavy atom. The van der Waals surface area contributed by atoms with E-state index >= 15 is 0 Å². The lowest BCUT2D eigenvalue weighted by molar-refractivity contribution is -0.137. The molecule has 0 unspecified atom stereocenters. The van der Waals surface area contributed by atoms with Crippen LogP contribution in [0.1, 0.15) is 48.3 Å². The molecule has 1 atom stereocenters. The van der Waals surface area contributed by atoms with Crippen molar-refractivity contribution >= 4 is 12.0 Å². The standard InChI is InChI=1S/C17H19F3N2O3/c1-16(2,3)25-15(24)21-7-8-22-12(9-21)10-5-4-6-11(17(18,19)20)13(10)14(22)23/h4-6,12H,7-9H2,1-3H3/t12-/m0/s1. The molecule has 136 valence electrons. The Balaban J connectivity index is 1.91. The average molecular weight is 356 g/mol. The largest absolute Gasteiger partial charge is 0.444 e. The van der Waals surface area contributed by atoms with E-state index in [1.165, 1.54) is 21.9 Å². The third-order valence-electron chi connectivity index (χ3n) is 4.27. The molecule has 5 nitrogen and oxygen atoms in total. The van der Waals surface area contributed by atoms with Crippen LogP contribution < -0.4 is 0 Å². The summed E-state index contributed by atoms with van der Waals surface area (Å²) in [6.07, 6.45) is -5.12. The number of carbonyl (C=O) groups is 2. The Morgan fingerprint density at radius 1 is 1.20 bits per heavy atom. The van der Waals surface area contributed by atoms with Gasteiger partial charge in [-0.25, -0.2) is 4.79 Å². The normalized spacial score (nSPS) is 20.4. The maximum absolute atomic E-state index is 13.2. The predicted octanol–water partition coefficient (Wildman–Crippen LogP) is 3.45. The zero-order valence-corrected chi connectivity index (χ0v) is 14.2. The number of fused-ring (bicyclic) bond motifs is 3. The highest BCUT2D eigenvalue weighted by molar-refractivity contribution is 6.01. The first-order valence-electron chi connectivity index (χ1n) is 7.98. The van der Waals surface area contributed by atoms with Crippen molar-refractivity contribution in [3.05, 3.63) is 34.9 Å². The van der Waals surface area contributed by atoms with Crippen molar-refractivity contribution in [2.75, 3.05) is 19.6 Å². The second-order valence-electron chi connectivity index (χ2n) is 7.21. The number of nitrogens with zero attached hydrogens (tertiary/aromatic N) is 2. The summed E-state index contributed by atoms with van der Waals surface area (Å²) in [5.41, 5.74) is -1.58. The molecule has 0 bridgehead atoms. The van der Waals surface area contributed by atoms with E-state index in [4.69, 9.17) is 4.74 Å². The molecule has 2 aliphatic heterocycles. The van der Waals surface area contributed by atoms with Gasteiger partial charge in [-0.2, -0.15) is 13.2 Å². The maximum Gasteiger partial charge on any atom is 0.417 e. The summed E-state index contributed by atoms with van der Waals surface area (Å²) in [5.74, 6) is -0.628. The minimum Gasteiger partial charge on any atom is -0.444 e. The SMILES string of the molecule is CC(C)(C)OC(=O)N1CCN2C(=O)c3c(cccc3C(F)(F)F)[C@@H]2C1. The number of carbonyl (C=O) groups excluding carboxylic acids is 2. The van der Waals surface area contributed by atoms with Crippen LogP contribution in [-0.2, 0) is 10.9 Å².